The number of hydrogen-bond donors (Lipinski definition) is 1. The molecule has 0 unspecified atom stereocenters. The van der Waals surface area contributed by atoms with E-state index in [1.807, 2.05) is 0 Å². The summed E-state index contributed by atoms with van der Waals surface area (Å²) < 4.78 is 10.7. The largest absolute Gasteiger partial charge is 0.461 e. The molecule has 120 valence electrons. The Bertz CT molecular complexity index is 397. The molecule has 0 aromatic rings. The minimum atomic E-state index is -0.740. The van der Waals surface area contributed by atoms with Gasteiger partial charge in [-0.05, 0) is 46.5 Å². The van der Waals surface area contributed by atoms with Crippen LogP contribution < -0.4 is 0 Å². The first-order valence-corrected chi connectivity index (χ1v) is 7.64. The van der Waals surface area contributed by atoms with Gasteiger partial charge in [-0.2, -0.15) is 0 Å². The monoisotopic (exact) mass is 299 g/mol. The van der Waals surface area contributed by atoms with Gasteiger partial charge in [0.2, 0.25) is 0 Å². The summed E-state index contributed by atoms with van der Waals surface area (Å²) >= 11 is 0. The fourth-order valence-corrected chi connectivity index (χ4v) is 2.81. The zero-order chi connectivity index (χ0) is 15.6. The first-order chi connectivity index (χ1) is 9.76. The highest BCUT2D eigenvalue weighted by Gasteiger charge is 2.42. The Morgan fingerprint density at radius 1 is 1.19 bits per heavy atom. The number of hydrogen-bond acceptors (Lipinski definition) is 5. The Kier molecular flexibility index (Phi) is 4.76. The van der Waals surface area contributed by atoms with Crippen LogP contribution in [0.5, 0.6) is 0 Å². The van der Waals surface area contributed by atoms with Crippen LogP contribution in [0, 0.1) is 0 Å². The zero-order valence-corrected chi connectivity index (χ0v) is 13.0. The van der Waals surface area contributed by atoms with E-state index in [0.29, 0.717) is 0 Å². The van der Waals surface area contributed by atoms with E-state index in [4.69, 9.17) is 9.47 Å². The fourth-order valence-electron chi connectivity index (χ4n) is 2.81. The average molecular weight is 299 g/mol. The lowest BCUT2D eigenvalue weighted by Crippen LogP contribution is -2.44. The molecule has 0 radical (unpaired) electrons. The molecule has 1 N–H and O–H groups in total. The molecule has 0 aromatic heterocycles. The van der Waals surface area contributed by atoms with E-state index in [0.717, 1.165) is 25.7 Å². The summed E-state index contributed by atoms with van der Waals surface area (Å²) in [6.07, 6.45) is 2.79. The molecular formula is C15H25NO5. The highest BCUT2D eigenvalue weighted by Crippen LogP contribution is 2.26. The van der Waals surface area contributed by atoms with E-state index < -0.39 is 29.8 Å². The first-order valence-electron chi connectivity index (χ1n) is 7.64. The maximum absolute atomic E-state index is 12.2. The van der Waals surface area contributed by atoms with Crippen LogP contribution in [-0.4, -0.2) is 52.5 Å². The molecule has 1 saturated heterocycles. The van der Waals surface area contributed by atoms with Gasteiger partial charge in [-0.25, -0.2) is 9.59 Å². The Hall–Kier alpha value is -1.30. The summed E-state index contributed by atoms with van der Waals surface area (Å²) in [5, 5.41) is 9.77. The van der Waals surface area contributed by atoms with Crippen molar-refractivity contribution in [2.45, 2.75) is 76.7 Å². The average Bonchev–Trinajstić information content (AvgIpc) is 2.95. The summed E-state index contributed by atoms with van der Waals surface area (Å²) in [7, 11) is 0. The molecule has 2 atom stereocenters. The van der Waals surface area contributed by atoms with Crippen LogP contribution in [0.15, 0.2) is 0 Å². The molecule has 2 aliphatic rings. The van der Waals surface area contributed by atoms with E-state index in [-0.39, 0.29) is 19.1 Å². The van der Waals surface area contributed by atoms with E-state index in [1.165, 1.54) is 4.90 Å². The third-order valence-electron chi connectivity index (χ3n) is 3.76. The lowest BCUT2D eigenvalue weighted by molar-refractivity contribution is -0.154. The van der Waals surface area contributed by atoms with Gasteiger partial charge in [0, 0.05) is 6.42 Å². The van der Waals surface area contributed by atoms with Crippen LogP contribution in [0.3, 0.4) is 0 Å². The minimum Gasteiger partial charge on any atom is -0.461 e. The summed E-state index contributed by atoms with van der Waals surface area (Å²) in [5.41, 5.74) is -0.634. The van der Waals surface area contributed by atoms with Crippen LogP contribution in [0.2, 0.25) is 0 Å². The van der Waals surface area contributed by atoms with Crippen molar-refractivity contribution in [3.05, 3.63) is 0 Å². The second-order valence-corrected chi connectivity index (χ2v) is 6.88. The van der Waals surface area contributed by atoms with Gasteiger partial charge in [-0.3, -0.25) is 4.90 Å². The molecule has 1 aliphatic heterocycles. The third-order valence-corrected chi connectivity index (χ3v) is 3.76. The number of likely N-dealkylation sites (tertiary alicyclic amines) is 1. The smallest absolute Gasteiger partial charge is 0.411 e. The lowest BCUT2D eigenvalue weighted by atomic mass is 10.2. The van der Waals surface area contributed by atoms with Gasteiger partial charge in [-0.15, -0.1) is 0 Å². The molecule has 21 heavy (non-hydrogen) atoms. The minimum absolute atomic E-state index is 0.0456. The van der Waals surface area contributed by atoms with Gasteiger partial charge in [-0.1, -0.05) is 0 Å². The number of aliphatic hydroxyl groups excluding tert-OH is 1. The first kappa shape index (κ1) is 16.1. The van der Waals surface area contributed by atoms with Gasteiger partial charge in [0.05, 0.1) is 12.6 Å². The van der Waals surface area contributed by atoms with Gasteiger partial charge in [0.1, 0.15) is 17.7 Å². The number of amides is 1. The quantitative estimate of drug-likeness (QED) is 0.787. The molecule has 2 rings (SSSR count). The summed E-state index contributed by atoms with van der Waals surface area (Å²) in [6, 6.07) is -0.740. The van der Waals surface area contributed by atoms with Crippen LogP contribution in [0.25, 0.3) is 0 Å². The molecule has 1 aliphatic carbocycles. The van der Waals surface area contributed by atoms with Crippen molar-refractivity contribution in [3.8, 4) is 0 Å². The van der Waals surface area contributed by atoms with Crippen LogP contribution >= 0.6 is 0 Å². The van der Waals surface area contributed by atoms with Gasteiger partial charge < -0.3 is 14.6 Å². The van der Waals surface area contributed by atoms with Crippen molar-refractivity contribution in [2.75, 3.05) is 6.54 Å². The second kappa shape index (κ2) is 6.22. The Labute approximate surface area is 125 Å². The second-order valence-electron chi connectivity index (χ2n) is 6.88. The predicted molar refractivity (Wildman–Crippen MR) is 75.7 cm³/mol. The highest BCUT2D eigenvalue weighted by atomic mass is 16.6. The number of rotatable bonds is 2. The van der Waals surface area contributed by atoms with Crippen molar-refractivity contribution >= 4 is 12.1 Å². The van der Waals surface area contributed by atoms with Crippen LogP contribution in [0.1, 0.15) is 52.9 Å². The van der Waals surface area contributed by atoms with Crippen molar-refractivity contribution in [1.82, 2.24) is 4.90 Å². The molecule has 6 heteroatoms. The Morgan fingerprint density at radius 2 is 1.81 bits per heavy atom. The lowest BCUT2D eigenvalue weighted by Gasteiger charge is -2.28. The molecule has 1 saturated carbocycles. The maximum Gasteiger partial charge on any atom is 0.411 e. The van der Waals surface area contributed by atoms with Crippen LogP contribution in [0.4, 0.5) is 4.79 Å². The van der Waals surface area contributed by atoms with Crippen molar-refractivity contribution in [2.24, 2.45) is 0 Å². The number of nitrogens with zero attached hydrogens (tertiary/aromatic N) is 1. The summed E-state index contributed by atoms with van der Waals surface area (Å²) in [5.74, 6) is -0.427. The zero-order valence-electron chi connectivity index (χ0n) is 13.0. The molecule has 1 amide bonds. The Morgan fingerprint density at radius 3 is 2.38 bits per heavy atom. The number of carbonyl (C=O) groups is 2. The van der Waals surface area contributed by atoms with Gasteiger partial charge >= 0.3 is 12.1 Å². The van der Waals surface area contributed by atoms with E-state index in [9.17, 15) is 14.7 Å². The van der Waals surface area contributed by atoms with Gasteiger partial charge in [0.25, 0.3) is 0 Å². The number of β-amino-alcohol motifs (C(OH)–C–C–N with tert-alkyl or cyclic N) is 1. The number of ether oxygens (including phenoxy) is 2. The topological polar surface area (TPSA) is 76.1 Å². The van der Waals surface area contributed by atoms with Crippen molar-refractivity contribution in [1.29, 1.82) is 0 Å². The van der Waals surface area contributed by atoms with Crippen LogP contribution in [-0.2, 0) is 14.3 Å². The number of aliphatic hydroxyl groups is 1. The van der Waals surface area contributed by atoms with E-state index >= 15 is 0 Å². The highest BCUT2D eigenvalue weighted by molar-refractivity contribution is 5.82. The fraction of sp³-hybridized carbons (Fsp3) is 0.867. The predicted octanol–water partition coefficient (Wildman–Crippen LogP) is 1.84. The van der Waals surface area contributed by atoms with Gasteiger partial charge in [0.15, 0.2) is 0 Å². The molecule has 2 fully saturated rings. The molecule has 0 aromatic carbocycles. The van der Waals surface area contributed by atoms with Crippen molar-refractivity contribution < 1.29 is 24.2 Å². The Balaban J connectivity index is 1.98. The van der Waals surface area contributed by atoms with E-state index in [2.05, 4.69) is 0 Å². The molecule has 0 bridgehead atoms. The molecular weight excluding hydrogens is 274 g/mol. The maximum atomic E-state index is 12.2. The third kappa shape index (κ3) is 4.33. The summed E-state index contributed by atoms with van der Waals surface area (Å²) in [4.78, 5) is 25.7. The normalized spacial score (nSPS) is 27.0. The molecule has 6 nitrogen and oxygen atoms in total. The van der Waals surface area contributed by atoms with Crippen molar-refractivity contribution in [3.63, 3.8) is 0 Å². The standard InChI is InChI=1S/C15H25NO5/c1-15(2,3)21-14(19)16-9-10(17)8-12(16)13(18)20-11-6-4-5-7-11/h10-12,17H,4-9H2,1-3H3/t10-,12-/m1/s1. The van der Waals surface area contributed by atoms with E-state index in [1.54, 1.807) is 20.8 Å². The number of carbonyl (C=O) groups excluding carboxylic acids is 2. The molecule has 0 spiro atoms. The number of esters is 1. The SMILES string of the molecule is CC(C)(C)OC(=O)N1C[C@H](O)C[C@@H]1C(=O)OC1CCCC1. The molecule has 1 heterocycles. The summed E-state index contributed by atoms with van der Waals surface area (Å²) in [6.45, 7) is 5.41.